The fourth-order valence-electron chi connectivity index (χ4n) is 0.637. The molecule has 2 amide bonds. The second-order valence-electron chi connectivity index (χ2n) is 1.87. The summed E-state index contributed by atoms with van der Waals surface area (Å²) in [5, 5.41) is 10.6. The van der Waals surface area contributed by atoms with E-state index >= 15 is 0 Å². The van der Waals surface area contributed by atoms with Crippen LogP contribution in [0.5, 0.6) is 0 Å². The summed E-state index contributed by atoms with van der Waals surface area (Å²) in [5.74, 6) is 0. The van der Waals surface area contributed by atoms with Crippen molar-refractivity contribution in [1.82, 2.24) is 9.62 Å². The molecule has 7 heteroatoms. The van der Waals surface area contributed by atoms with Crippen LogP contribution in [0.4, 0.5) is 9.59 Å². The summed E-state index contributed by atoms with van der Waals surface area (Å²) in [7, 11) is 0. The Kier molecular flexibility index (Phi) is 2.08. The second-order valence-corrected chi connectivity index (χ2v) is 2.30. The van der Waals surface area contributed by atoms with Crippen molar-refractivity contribution in [3.8, 4) is 0 Å². The first-order valence-corrected chi connectivity index (χ1v) is 3.17. The van der Waals surface area contributed by atoms with Gasteiger partial charge in [0, 0.05) is 0 Å². The lowest BCUT2D eigenvalue weighted by Crippen LogP contribution is -2.34. The van der Waals surface area contributed by atoms with Gasteiger partial charge in [-0.15, -0.1) is 0 Å². The Morgan fingerprint density at radius 2 is 2.55 bits per heavy atom. The molecule has 62 valence electrons. The number of nitrogens with one attached hydrogen (secondary N) is 1. The van der Waals surface area contributed by atoms with Crippen LogP contribution in [0.3, 0.4) is 0 Å². The summed E-state index contributed by atoms with van der Waals surface area (Å²) in [6.45, 7) is 0.134. The van der Waals surface area contributed by atoms with Gasteiger partial charge in [-0.3, -0.25) is 0 Å². The van der Waals surface area contributed by atoms with E-state index in [9.17, 15) is 9.59 Å². The van der Waals surface area contributed by atoms with Crippen LogP contribution in [0.1, 0.15) is 0 Å². The van der Waals surface area contributed by atoms with Gasteiger partial charge in [-0.1, -0.05) is 12.8 Å². The molecule has 1 rings (SSSR count). The SMILES string of the molecule is O=C1NCC(N(S)C(=O)O)O1. The minimum absolute atomic E-state index is 0.134. The lowest BCUT2D eigenvalue weighted by atomic mass is 10.6. The molecule has 0 aromatic carbocycles. The molecule has 6 nitrogen and oxygen atoms in total. The zero-order valence-corrected chi connectivity index (χ0v) is 6.25. The number of alkyl carbamates (subject to hydrolysis) is 1. The van der Waals surface area contributed by atoms with Crippen LogP contribution >= 0.6 is 12.8 Å². The molecule has 1 saturated heterocycles. The lowest BCUT2D eigenvalue weighted by molar-refractivity contribution is 0.0756. The minimum Gasteiger partial charge on any atom is -0.464 e. The Labute approximate surface area is 67.7 Å². The highest BCUT2D eigenvalue weighted by Gasteiger charge is 2.29. The van der Waals surface area contributed by atoms with Gasteiger partial charge in [-0.2, -0.15) is 0 Å². The monoisotopic (exact) mass is 178 g/mol. The van der Waals surface area contributed by atoms with Crippen molar-refractivity contribution in [2.24, 2.45) is 0 Å². The highest BCUT2D eigenvalue weighted by atomic mass is 32.1. The Morgan fingerprint density at radius 1 is 1.91 bits per heavy atom. The van der Waals surface area contributed by atoms with Gasteiger partial charge in [0.1, 0.15) is 0 Å². The number of carbonyl (C=O) groups is 2. The molecule has 0 bridgehead atoms. The molecule has 1 atom stereocenters. The van der Waals surface area contributed by atoms with E-state index in [-0.39, 0.29) is 6.54 Å². The lowest BCUT2D eigenvalue weighted by Gasteiger charge is -2.15. The van der Waals surface area contributed by atoms with Crippen LogP contribution in [0.2, 0.25) is 0 Å². The van der Waals surface area contributed by atoms with Crippen LogP contribution < -0.4 is 5.32 Å². The van der Waals surface area contributed by atoms with E-state index in [1.54, 1.807) is 0 Å². The number of amides is 2. The van der Waals surface area contributed by atoms with Gasteiger partial charge in [0.15, 0.2) is 0 Å². The number of ether oxygens (including phenoxy) is 1. The third-order valence-electron chi connectivity index (χ3n) is 1.13. The second kappa shape index (κ2) is 2.87. The molecule has 1 aliphatic rings. The molecule has 0 radical (unpaired) electrons. The average Bonchev–Trinajstić information content (AvgIpc) is 2.34. The Bertz CT molecular complexity index is 197. The van der Waals surface area contributed by atoms with Crippen molar-refractivity contribution in [2.45, 2.75) is 6.23 Å². The number of nitrogens with zero attached hydrogens (tertiary/aromatic N) is 1. The zero-order valence-electron chi connectivity index (χ0n) is 5.35. The van der Waals surface area contributed by atoms with Crippen LogP contribution in [0, 0.1) is 0 Å². The van der Waals surface area contributed by atoms with E-state index < -0.39 is 18.4 Å². The van der Waals surface area contributed by atoms with Crippen molar-refractivity contribution in [3.63, 3.8) is 0 Å². The molecule has 0 spiro atoms. The predicted octanol–water partition coefficient (Wildman–Crippen LogP) is -0.123. The van der Waals surface area contributed by atoms with Gasteiger partial charge in [0.2, 0.25) is 6.23 Å². The van der Waals surface area contributed by atoms with Gasteiger partial charge >= 0.3 is 12.2 Å². The summed E-state index contributed by atoms with van der Waals surface area (Å²) < 4.78 is 5.13. The first-order chi connectivity index (χ1) is 5.11. The highest BCUT2D eigenvalue weighted by molar-refractivity contribution is 7.78. The molecule has 0 saturated carbocycles. The molecule has 2 N–H and O–H groups in total. The fraction of sp³-hybridized carbons (Fsp3) is 0.500. The highest BCUT2D eigenvalue weighted by Crippen LogP contribution is 2.08. The third kappa shape index (κ3) is 1.67. The summed E-state index contributed by atoms with van der Waals surface area (Å²) in [5.41, 5.74) is 0. The topological polar surface area (TPSA) is 78.9 Å². The molecule has 0 aromatic heterocycles. The molecule has 1 aliphatic heterocycles. The maximum atomic E-state index is 10.4. The van der Waals surface area contributed by atoms with E-state index in [2.05, 4.69) is 22.9 Å². The van der Waals surface area contributed by atoms with Crippen LogP contribution in [0.15, 0.2) is 0 Å². The number of carboxylic acid groups (broad SMARTS) is 1. The number of cyclic esters (lactones) is 1. The van der Waals surface area contributed by atoms with Crippen molar-refractivity contribution in [2.75, 3.05) is 6.54 Å². The smallest absolute Gasteiger partial charge is 0.420 e. The summed E-state index contributed by atoms with van der Waals surface area (Å²) >= 11 is 3.58. The number of hydrogen-bond donors (Lipinski definition) is 3. The predicted molar refractivity (Wildman–Crippen MR) is 37.1 cm³/mol. The molecular formula is C4H6N2O4S. The standard InChI is InChI=1S/C4H6N2O4S/c7-3-5-1-2(10-3)6(11)4(8)9/h2,11H,1H2,(H,5,7)(H,8,9). The number of carbonyl (C=O) groups excluding carboxylic acids is 1. The van der Waals surface area contributed by atoms with Crippen LogP contribution in [-0.4, -0.2) is 34.4 Å². The van der Waals surface area contributed by atoms with Crippen molar-refractivity contribution in [1.29, 1.82) is 0 Å². The molecule has 1 heterocycles. The first-order valence-electron chi connectivity index (χ1n) is 2.77. The molecule has 1 unspecified atom stereocenters. The van der Waals surface area contributed by atoms with Gasteiger partial charge in [0.25, 0.3) is 0 Å². The Hall–Kier alpha value is -1.11. The van der Waals surface area contributed by atoms with Crippen LogP contribution in [0.25, 0.3) is 0 Å². The van der Waals surface area contributed by atoms with Crippen molar-refractivity contribution >= 4 is 25.0 Å². The normalized spacial score (nSPS) is 22.3. The van der Waals surface area contributed by atoms with Gasteiger partial charge < -0.3 is 15.2 Å². The third-order valence-corrected chi connectivity index (χ3v) is 1.56. The maximum absolute atomic E-state index is 10.4. The quantitative estimate of drug-likeness (QED) is 0.489. The summed E-state index contributed by atoms with van der Waals surface area (Å²) in [6, 6.07) is 0. The largest absolute Gasteiger partial charge is 0.464 e. The van der Waals surface area contributed by atoms with E-state index in [0.717, 1.165) is 0 Å². The number of thiol groups is 1. The first kappa shape index (κ1) is 7.99. The molecule has 0 aromatic rings. The van der Waals surface area contributed by atoms with Crippen LogP contribution in [-0.2, 0) is 4.74 Å². The minimum atomic E-state index is -1.25. The zero-order chi connectivity index (χ0) is 8.43. The molecule has 11 heavy (non-hydrogen) atoms. The van der Waals surface area contributed by atoms with Crippen molar-refractivity contribution < 1.29 is 19.4 Å². The molecule has 0 aliphatic carbocycles. The van der Waals surface area contributed by atoms with E-state index in [4.69, 9.17) is 5.11 Å². The average molecular weight is 178 g/mol. The van der Waals surface area contributed by atoms with E-state index in [0.29, 0.717) is 4.31 Å². The number of rotatable bonds is 1. The maximum Gasteiger partial charge on any atom is 0.420 e. The Balaban J connectivity index is 2.49. The Morgan fingerprint density at radius 3 is 2.91 bits per heavy atom. The number of hydrogen-bond acceptors (Lipinski definition) is 4. The van der Waals surface area contributed by atoms with E-state index in [1.807, 2.05) is 0 Å². The molecular weight excluding hydrogens is 172 g/mol. The van der Waals surface area contributed by atoms with Gasteiger partial charge in [0.05, 0.1) is 6.54 Å². The molecule has 1 fully saturated rings. The summed E-state index contributed by atoms with van der Waals surface area (Å²) in [6.07, 6.45) is -2.71. The van der Waals surface area contributed by atoms with E-state index in [1.165, 1.54) is 0 Å². The van der Waals surface area contributed by atoms with Crippen molar-refractivity contribution in [3.05, 3.63) is 0 Å². The van der Waals surface area contributed by atoms with Gasteiger partial charge in [-0.25, -0.2) is 13.9 Å². The summed E-state index contributed by atoms with van der Waals surface area (Å²) in [4.78, 5) is 20.6. The fourth-order valence-corrected chi connectivity index (χ4v) is 0.766. The van der Waals surface area contributed by atoms with Gasteiger partial charge in [-0.05, 0) is 0 Å².